The second-order valence-corrected chi connectivity index (χ2v) is 6.92. The maximum atomic E-state index is 12.1. The van der Waals surface area contributed by atoms with E-state index in [9.17, 15) is 4.79 Å². The van der Waals surface area contributed by atoms with Gasteiger partial charge in [0.1, 0.15) is 0 Å². The second kappa shape index (κ2) is 5.76. The van der Waals surface area contributed by atoms with Crippen LogP contribution in [0.1, 0.15) is 10.4 Å². The zero-order valence-electron chi connectivity index (χ0n) is 10.3. The van der Waals surface area contributed by atoms with Crippen molar-refractivity contribution in [2.45, 2.75) is 0 Å². The van der Waals surface area contributed by atoms with Crippen LogP contribution in [0.5, 0.6) is 0 Å². The lowest BCUT2D eigenvalue weighted by Crippen LogP contribution is -2.11. The van der Waals surface area contributed by atoms with Crippen molar-refractivity contribution in [2.75, 3.05) is 5.32 Å². The summed E-state index contributed by atoms with van der Waals surface area (Å²) in [7, 11) is 0. The smallest absolute Gasteiger partial charge is 0.256 e. The summed E-state index contributed by atoms with van der Waals surface area (Å²) in [5, 5.41) is 4.76. The third-order valence-corrected chi connectivity index (χ3v) is 4.53. The van der Waals surface area contributed by atoms with Gasteiger partial charge in [0.15, 0.2) is 0 Å². The predicted molar refractivity (Wildman–Crippen MR) is 88.6 cm³/mol. The maximum Gasteiger partial charge on any atom is 0.256 e. The van der Waals surface area contributed by atoms with Crippen molar-refractivity contribution in [3.05, 3.63) is 62.9 Å². The Bertz CT molecular complexity index is 736. The number of rotatable bonds is 3. The molecule has 6 heteroatoms. The van der Waals surface area contributed by atoms with Crippen LogP contribution in [0.2, 0.25) is 0 Å². The van der Waals surface area contributed by atoms with Gasteiger partial charge in [0.05, 0.1) is 14.8 Å². The van der Waals surface area contributed by atoms with Gasteiger partial charge < -0.3 is 9.88 Å². The summed E-state index contributed by atoms with van der Waals surface area (Å²) in [4.78, 5) is 16.1. The van der Waals surface area contributed by atoms with Gasteiger partial charge in [-0.05, 0) is 46.9 Å². The molecule has 0 aliphatic heterocycles. The molecule has 0 aliphatic carbocycles. The molecule has 0 spiro atoms. The summed E-state index contributed by atoms with van der Waals surface area (Å²) < 4.78 is 2.99. The Balaban J connectivity index is 1.81. The van der Waals surface area contributed by atoms with E-state index in [1.165, 1.54) is 0 Å². The number of nitrogens with zero attached hydrogens (tertiary/aromatic N) is 2. The summed E-state index contributed by atoms with van der Waals surface area (Å²) in [5.41, 5.74) is 2.41. The van der Waals surface area contributed by atoms with Crippen LogP contribution >= 0.6 is 33.9 Å². The van der Waals surface area contributed by atoms with Gasteiger partial charge >= 0.3 is 0 Å². The predicted octanol–water partition coefficient (Wildman–Crippen LogP) is 3.79. The van der Waals surface area contributed by atoms with Crippen LogP contribution in [0.25, 0.3) is 5.69 Å². The number of aromatic nitrogens is 2. The first kappa shape index (κ1) is 13.3. The molecule has 1 aromatic carbocycles. The van der Waals surface area contributed by atoms with E-state index < -0.39 is 0 Å². The molecule has 3 rings (SSSR count). The molecule has 1 amide bonds. The highest BCUT2D eigenvalue weighted by atomic mass is 127. The zero-order valence-corrected chi connectivity index (χ0v) is 13.3. The number of halogens is 1. The second-order valence-electron chi connectivity index (χ2n) is 4.11. The number of carbonyl (C=O) groups excluding carboxylic acids is 1. The Labute approximate surface area is 133 Å². The Kier molecular flexibility index (Phi) is 3.83. The van der Waals surface area contributed by atoms with E-state index in [4.69, 9.17) is 0 Å². The fraction of sp³-hybridized carbons (Fsp3) is 0. The number of hydrogen-bond donors (Lipinski definition) is 1. The monoisotopic (exact) mass is 395 g/mol. The minimum Gasteiger partial charge on any atom is -0.322 e. The van der Waals surface area contributed by atoms with Crippen LogP contribution in [-0.2, 0) is 0 Å². The molecule has 0 saturated carbocycles. The summed E-state index contributed by atoms with van der Waals surface area (Å²) in [6.07, 6.45) is 5.31. The van der Waals surface area contributed by atoms with Gasteiger partial charge in [-0.25, -0.2) is 4.98 Å². The van der Waals surface area contributed by atoms with Gasteiger partial charge in [-0.1, -0.05) is 6.07 Å². The molecule has 100 valence electrons. The van der Waals surface area contributed by atoms with E-state index in [-0.39, 0.29) is 5.91 Å². The van der Waals surface area contributed by atoms with Crippen molar-refractivity contribution in [3.8, 4) is 5.69 Å². The lowest BCUT2D eigenvalue weighted by Gasteiger charge is -2.07. The van der Waals surface area contributed by atoms with Gasteiger partial charge in [0, 0.05) is 29.1 Å². The zero-order chi connectivity index (χ0) is 13.9. The number of benzene rings is 1. The Morgan fingerprint density at radius 3 is 2.95 bits per heavy atom. The van der Waals surface area contributed by atoms with Crippen molar-refractivity contribution in [2.24, 2.45) is 0 Å². The first-order valence-electron chi connectivity index (χ1n) is 5.86. The third-order valence-electron chi connectivity index (χ3n) is 2.74. The van der Waals surface area contributed by atoms with Crippen LogP contribution in [-0.4, -0.2) is 15.5 Å². The molecule has 0 aliphatic rings. The van der Waals surface area contributed by atoms with Gasteiger partial charge in [-0.15, -0.1) is 11.3 Å². The highest BCUT2D eigenvalue weighted by molar-refractivity contribution is 14.1. The van der Waals surface area contributed by atoms with Crippen molar-refractivity contribution >= 4 is 45.5 Å². The average Bonchev–Trinajstić information content (AvgIpc) is 3.10. The molecule has 0 fully saturated rings. The fourth-order valence-electron chi connectivity index (χ4n) is 1.79. The van der Waals surface area contributed by atoms with Crippen molar-refractivity contribution in [3.63, 3.8) is 0 Å². The lowest BCUT2D eigenvalue weighted by atomic mass is 10.2. The van der Waals surface area contributed by atoms with E-state index in [1.54, 1.807) is 23.9 Å². The number of nitrogens with one attached hydrogen (secondary N) is 1. The van der Waals surface area contributed by atoms with Crippen molar-refractivity contribution < 1.29 is 4.79 Å². The van der Waals surface area contributed by atoms with E-state index >= 15 is 0 Å². The molecule has 2 heterocycles. The highest BCUT2D eigenvalue weighted by Crippen LogP contribution is 2.19. The number of hydrogen-bond acceptors (Lipinski definition) is 3. The largest absolute Gasteiger partial charge is 0.322 e. The van der Waals surface area contributed by atoms with Gasteiger partial charge in [-0.2, -0.15) is 0 Å². The van der Waals surface area contributed by atoms with Gasteiger partial charge in [0.25, 0.3) is 5.91 Å². The summed E-state index contributed by atoms with van der Waals surface area (Å²) >= 11 is 3.76. The Morgan fingerprint density at radius 1 is 1.35 bits per heavy atom. The number of anilines is 1. The number of thiophene rings is 1. The molecular formula is C14H10IN3OS. The van der Waals surface area contributed by atoms with E-state index in [1.807, 2.05) is 46.5 Å². The van der Waals surface area contributed by atoms with Crippen molar-refractivity contribution in [1.29, 1.82) is 0 Å². The quantitative estimate of drug-likeness (QED) is 0.686. The van der Waals surface area contributed by atoms with Crippen LogP contribution in [0, 0.1) is 2.88 Å². The molecule has 1 N–H and O–H groups in total. The molecular weight excluding hydrogens is 385 g/mol. The molecule has 3 aromatic rings. The Hall–Kier alpha value is -1.67. The molecule has 0 radical (unpaired) electrons. The minimum atomic E-state index is -0.0908. The number of amides is 1. The third kappa shape index (κ3) is 2.91. The SMILES string of the molecule is O=C(Nc1cccc(-n2ccnc2)c1)c1csc(I)c1. The molecule has 0 unspecified atom stereocenters. The molecule has 2 aromatic heterocycles. The lowest BCUT2D eigenvalue weighted by molar-refractivity contribution is 0.102. The molecule has 0 atom stereocenters. The maximum absolute atomic E-state index is 12.1. The summed E-state index contributed by atoms with van der Waals surface area (Å²) in [6, 6.07) is 9.53. The fourth-order valence-corrected chi connectivity index (χ4v) is 3.12. The molecule has 4 nitrogen and oxygen atoms in total. The van der Waals surface area contributed by atoms with Gasteiger partial charge in [-0.3, -0.25) is 4.79 Å². The molecule has 0 bridgehead atoms. The first-order valence-corrected chi connectivity index (χ1v) is 7.82. The molecule has 0 saturated heterocycles. The van der Waals surface area contributed by atoms with Crippen LogP contribution in [0.15, 0.2) is 54.4 Å². The van der Waals surface area contributed by atoms with Crippen LogP contribution in [0.4, 0.5) is 5.69 Å². The van der Waals surface area contributed by atoms with E-state index in [2.05, 4.69) is 32.9 Å². The highest BCUT2D eigenvalue weighted by Gasteiger charge is 2.08. The van der Waals surface area contributed by atoms with Gasteiger partial charge in [0.2, 0.25) is 0 Å². The number of imidazole rings is 1. The van der Waals surface area contributed by atoms with Crippen molar-refractivity contribution in [1.82, 2.24) is 9.55 Å². The standard InChI is InChI=1S/C14H10IN3OS/c15-13-6-10(8-20-13)14(19)17-11-2-1-3-12(7-11)18-5-4-16-9-18/h1-9H,(H,17,19). The van der Waals surface area contributed by atoms with E-state index in [0.29, 0.717) is 5.56 Å². The summed E-state index contributed by atoms with van der Waals surface area (Å²) in [6.45, 7) is 0. The normalized spacial score (nSPS) is 10.4. The first-order chi connectivity index (χ1) is 9.72. The summed E-state index contributed by atoms with van der Waals surface area (Å²) in [5.74, 6) is -0.0908. The average molecular weight is 395 g/mol. The minimum absolute atomic E-state index is 0.0908. The topological polar surface area (TPSA) is 46.9 Å². The Morgan fingerprint density at radius 2 is 2.25 bits per heavy atom. The van der Waals surface area contributed by atoms with Crippen LogP contribution in [0.3, 0.4) is 0 Å². The molecule has 20 heavy (non-hydrogen) atoms. The van der Waals surface area contributed by atoms with E-state index in [0.717, 1.165) is 14.3 Å². The van der Waals surface area contributed by atoms with Crippen LogP contribution < -0.4 is 5.32 Å². The number of carbonyl (C=O) groups is 1.